The monoisotopic (exact) mass is 450 g/mol. The minimum Gasteiger partial charge on any atom is -0.308 e. The van der Waals surface area contributed by atoms with Gasteiger partial charge in [0.1, 0.15) is 23.3 Å². The molecule has 0 N–H and O–H groups in total. The Hall–Kier alpha value is -3.43. The third-order valence-electron chi connectivity index (χ3n) is 5.58. The summed E-state index contributed by atoms with van der Waals surface area (Å²) < 4.78 is 72.2. The molecule has 5 aromatic carbocycles. The van der Waals surface area contributed by atoms with Gasteiger partial charge in [-0.25, -0.2) is 17.6 Å². The number of benzene rings is 5. The molecule has 0 aliphatic heterocycles. The molecular formula is C26H15F4OP. The highest BCUT2D eigenvalue weighted by Gasteiger charge is 2.37. The van der Waals surface area contributed by atoms with E-state index in [0.717, 1.165) is 40.4 Å². The van der Waals surface area contributed by atoms with Gasteiger partial charge in [0.25, 0.3) is 0 Å². The van der Waals surface area contributed by atoms with Gasteiger partial charge in [-0.1, -0.05) is 48.5 Å². The maximum Gasteiger partial charge on any atom is 0.177 e. The van der Waals surface area contributed by atoms with Gasteiger partial charge in [0, 0.05) is 17.4 Å². The van der Waals surface area contributed by atoms with E-state index < -0.39 is 30.4 Å². The van der Waals surface area contributed by atoms with E-state index >= 15 is 8.78 Å². The molecule has 5 rings (SSSR count). The van der Waals surface area contributed by atoms with Crippen LogP contribution < -0.4 is 15.9 Å². The summed E-state index contributed by atoms with van der Waals surface area (Å²) in [4.78, 5) is 0. The van der Waals surface area contributed by atoms with Gasteiger partial charge in [0.05, 0.1) is 10.6 Å². The summed E-state index contributed by atoms with van der Waals surface area (Å²) in [6.45, 7) is 0. The van der Waals surface area contributed by atoms with Crippen LogP contribution in [0.5, 0.6) is 0 Å². The lowest BCUT2D eigenvalue weighted by atomic mass is 10.0. The van der Waals surface area contributed by atoms with E-state index in [-0.39, 0.29) is 15.9 Å². The third kappa shape index (κ3) is 3.12. The van der Waals surface area contributed by atoms with E-state index in [9.17, 15) is 13.3 Å². The summed E-state index contributed by atoms with van der Waals surface area (Å²) in [7, 11) is -4.22. The topological polar surface area (TPSA) is 17.1 Å². The minimum absolute atomic E-state index is 0.197. The van der Waals surface area contributed by atoms with Gasteiger partial charge in [0.15, 0.2) is 7.14 Å². The van der Waals surface area contributed by atoms with Crippen LogP contribution in [0, 0.1) is 23.3 Å². The largest absolute Gasteiger partial charge is 0.308 e. The van der Waals surface area contributed by atoms with Gasteiger partial charge in [-0.2, -0.15) is 0 Å². The number of fused-ring (bicyclic) bond motifs is 3. The molecule has 0 amide bonds. The lowest BCUT2D eigenvalue weighted by molar-refractivity contribution is 0.575. The molecule has 158 valence electrons. The Balaban J connectivity index is 1.98. The maximum atomic E-state index is 15.0. The van der Waals surface area contributed by atoms with Crippen LogP contribution in [0.2, 0.25) is 0 Å². The molecule has 0 saturated heterocycles. The highest BCUT2D eigenvalue weighted by atomic mass is 31.2. The van der Waals surface area contributed by atoms with E-state index in [0.29, 0.717) is 17.5 Å². The summed E-state index contributed by atoms with van der Waals surface area (Å²) in [5, 5.41) is 2.43. The average Bonchev–Trinajstić information content (AvgIpc) is 2.78. The van der Waals surface area contributed by atoms with Gasteiger partial charge in [-0.3, -0.25) is 0 Å². The molecule has 0 unspecified atom stereocenters. The van der Waals surface area contributed by atoms with Gasteiger partial charge in [-0.15, -0.1) is 0 Å². The van der Waals surface area contributed by atoms with Gasteiger partial charge >= 0.3 is 0 Å². The van der Waals surface area contributed by atoms with E-state index in [1.54, 1.807) is 18.2 Å². The Labute approximate surface area is 181 Å². The van der Waals surface area contributed by atoms with E-state index in [1.807, 2.05) is 36.4 Å². The van der Waals surface area contributed by atoms with Crippen LogP contribution in [0.3, 0.4) is 0 Å². The van der Waals surface area contributed by atoms with Crippen LogP contribution in [0.15, 0.2) is 91.0 Å². The molecule has 0 saturated carbocycles. The first kappa shape index (κ1) is 20.5. The van der Waals surface area contributed by atoms with Crippen molar-refractivity contribution in [2.75, 3.05) is 0 Å². The molecule has 6 heteroatoms. The number of hydrogen-bond acceptors (Lipinski definition) is 1. The van der Waals surface area contributed by atoms with Crippen molar-refractivity contribution < 1.29 is 22.1 Å². The summed E-state index contributed by atoms with van der Waals surface area (Å²) in [5.41, 5.74) is 0. The van der Waals surface area contributed by atoms with Gasteiger partial charge in [-0.05, 0) is 51.9 Å². The molecule has 0 bridgehead atoms. The zero-order valence-electron chi connectivity index (χ0n) is 16.5. The molecule has 32 heavy (non-hydrogen) atoms. The van der Waals surface area contributed by atoms with Crippen molar-refractivity contribution in [3.8, 4) is 0 Å². The van der Waals surface area contributed by atoms with Crippen molar-refractivity contribution in [2.24, 2.45) is 0 Å². The van der Waals surface area contributed by atoms with E-state index in [4.69, 9.17) is 0 Å². The van der Waals surface area contributed by atoms with Gasteiger partial charge in [0.2, 0.25) is 0 Å². The van der Waals surface area contributed by atoms with Crippen LogP contribution in [0.25, 0.3) is 21.5 Å². The molecule has 0 atom stereocenters. The maximum absolute atomic E-state index is 15.0. The first-order valence-corrected chi connectivity index (χ1v) is 11.5. The first-order chi connectivity index (χ1) is 15.4. The Morgan fingerprint density at radius 3 is 1.56 bits per heavy atom. The second-order valence-corrected chi connectivity index (χ2v) is 10.1. The van der Waals surface area contributed by atoms with E-state index in [1.165, 1.54) is 0 Å². The molecule has 1 nitrogen and oxygen atoms in total. The van der Waals surface area contributed by atoms with Crippen molar-refractivity contribution in [2.45, 2.75) is 0 Å². The second kappa shape index (κ2) is 7.61. The average molecular weight is 450 g/mol. The smallest absolute Gasteiger partial charge is 0.177 e. The molecule has 0 spiro atoms. The lowest BCUT2D eigenvalue weighted by Gasteiger charge is -2.23. The molecule has 0 fully saturated rings. The molecule has 0 aromatic heterocycles. The zero-order chi connectivity index (χ0) is 22.5. The fourth-order valence-electron chi connectivity index (χ4n) is 4.16. The van der Waals surface area contributed by atoms with Gasteiger partial charge < -0.3 is 4.57 Å². The van der Waals surface area contributed by atoms with Crippen molar-refractivity contribution in [3.63, 3.8) is 0 Å². The second-order valence-electron chi connectivity index (χ2n) is 7.46. The molecular weight excluding hydrogens is 435 g/mol. The number of halogens is 4. The number of rotatable bonds is 3. The van der Waals surface area contributed by atoms with Crippen LogP contribution in [-0.4, -0.2) is 0 Å². The quantitative estimate of drug-likeness (QED) is 0.182. The van der Waals surface area contributed by atoms with Crippen LogP contribution >= 0.6 is 7.14 Å². The Kier molecular flexibility index (Phi) is 4.87. The zero-order valence-corrected chi connectivity index (χ0v) is 17.4. The summed E-state index contributed by atoms with van der Waals surface area (Å²) in [6.07, 6.45) is 0. The Morgan fingerprint density at radius 1 is 0.500 bits per heavy atom. The summed E-state index contributed by atoms with van der Waals surface area (Å²) >= 11 is 0. The summed E-state index contributed by atoms with van der Waals surface area (Å²) in [5.74, 6) is -3.81. The van der Waals surface area contributed by atoms with Crippen molar-refractivity contribution in [1.82, 2.24) is 0 Å². The Bertz CT molecular complexity index is 1510. The SMILES string of the molecule is O=P(c1ccc(F)cc1F)(c1ccc(F)cc1F)c1cc2ccccc2c2ccccc12. The van der Waals surface area contributed by atoms with E-state index in [2.05, 4.69) is 0 Å². The normalized spacial score (nSPS) is 11.9. The Morgan fingerprint density at radius 2 is 1.00 bits per heavy atom. The third-order valence-corrected chi connectivity index (χ3v) is 8.71. The predicted octanol–water partition coefficient (Wildman–Crippen LogP) is 6.19. The fraction of sp³-hybridized carbons (Fsp3) is 0. The fourth-order valence-corrected chi connectivity index (χ4v) is 7.09. The molecule has 0 aliphatic rings. The lowest BCUT2D eigenvalue weighted by Crippen LogP contribution is -2.29. The first-order valence-electron chi connectivity index (χ1n) is 9.82. The predicted molar refractivity (Wildman–Crippen MR) is 121 cm³/mol. The van der Waals surface area contributed by atoms with Crippen LogP contribution in [-0.2, 0) is 4.57 Å². The molecule has 5 aromatic rings. The molecule has 0 radical (unpaired) electrons. The van der Waals surface area contributed by atoms with Crippen molar-refractivity contribution in [3.05, 3.63) is 114 Å². The van der Waals surface area contributed by atoms with Crippen molar-refractivity contribution >= 4 is 44.6 Å². The molecule has 0 aliphatic carbocycles. The number of hydrogen-bond donors (Lipinski definition) is 0. The standard InChI is InChI=1S/C26H15F4OP/c27-17-9-11-24(22(29)14-17)32(31,25-12-10-18(28)15-23(25)30)26-13-16-5-1-2-6-19(16)20-7-3-4-8-21(20)26/h1-15H. The van der Waals surface area contributed by atoms with Crippen molar-refractivity contribution in [1.29, 1.82) is 0 Å². The minimum atomic E-state index is -4.22. The molecule has 0 heterocycles. The van der Waals surface area contributed by atoms with Crippen LogP contribution in [0.4, 0.5) is 17.6 Å². The van der Waals surface area contributed by atoms with Crippen LogP contribution in [0.1, 0.15) is 0 Å². The highest BCUT2D eigenvalue weighted by molar-refractivity contribution is 7.85. The highest BCUT2D eigenvalue weighted by Crippen LogP contribution is 2.47. The summed E-state index contributed by atoms with van der Waals surface area (Å²) in [6, 6.07) is 21.5.